The molecule has 0 aromatic heterocycles. The van der Waals surface area contributed by atoms with Crippen LogP contribution in [0.15, 0.2) is 64.0 Å². The molecule has 4 rings (SSSR count). The van der Waals surface area contributed by atoms with Crippen LogP contribution in [0, 0.1) is 0 Å². The summed E-state index contributed by atoms with van der Waals surface area (Å²) in [5.41, 5.74) is 0.798. The molecule has 29 heavy (non-hydrogen) atoms. The first-order chi connectivity index (χ1) is 14.1. The Kier molecular flexibility index (Phi) is 6.18. The number of rotatable bonds is 4. The summed E-state index contributed by atoms with van der Waals surface area (Å²) in [7, 11) is 0. The third kappa shape index (κ3) is 4.04. The number of likely N-dealkylation sites (tertiary alicyclic amines) is 1. The van der Waals surface area contributed by atoms with Crippen LogP contribution in [0.2, 0.25) is 10.0 Å². The van der Waals surface area contributed by atoms with E-state index >= 15 is 0 Å². The fourth-order valence-electron chi connectivity index (χ4n) is 3.65. The maximum atomic E-state index is 13.5. The average molecular weight is 447 g/mol. The first kappa shape index (κ1) is 20.3. The SMILES string of the molecule is O=C1C(Sc2ccccc2)=C(N2CCCCCC2)C(=O)N1c1cccc(Cl)c1Cl. The number of carbonyl (C=O) groups is 2. The number of hydrogen-bond acceptors (Lipinski definition) is 4. The summed E-state index contributed by atoms with van der Waals surface area (Å²) in [4.78, 5) is 31.5. The molecule has 1 fully saturated rings. The van der Waals surface area contributed by atoms with E-state index in [9.17, 15) is 9.59 Å². The van der Waals surface area contributed by atoms with Crippen LogP contribution in [0.4, 0.5) is 5.69 Å². The van der Waals surface area contributed by atoms with Crippen LogP contribution in [-0.4, -0.2) is 29.8 Å². The molecule has 2 heterocycles. The second-order valence-corrected chi connectivity index (χ2v) is 8.88. The van der Waals surface area contributed by atoms with E-state index in [-0.39, 0.29) is 16.8 Å². The third-order valence-corrected chi connectivity index (χ3v) is 6.96. The van der Waals surface area contributed by atoms with Crippen molar-refractivity contribution in [2.75, 3.05) is 18.0 Å². The van der Waals surface area contributed by atoms with Gasteiger partial charge in [0.1, 0.15) is 10.6 Å². The Morgan fingerprint density at radius 2 is 1.48 bits per heavy atom. The van der Waals surface area contributed by atoms with E-state index in [0.717, 1.165) is 43.7 Å². The molecule has 0 atom stereocenters. The summed E-state index contributed by atoms with van der Waals surface area (Å²) in [6.07, 6.45) is 4.28. The zero-order chi connectivity index (χ0) is 20.4. The maximum absolute atomic E-state index is 13.5. The fraction of sp³-hybridized carbons (Fsp3) is 0.273. The molecule has 0 N–H and O–H groups in total. The predicted octanol–water partition coefficient (Wildman–Crippen LogP) is 5.75. The number of hydrogen-bond donors (Lipinski definition) is 0. The van der Waals surface area contributed by atoms with Crippen LogP contribution in [0.3, 0.4) is 0 Å². The van der Waals surface area contributed by atoms with Gasteiger partial charge in [0.25, 0.3) is 11.8 Å². The highest BCUT2D eigenvalue weighted by molar-refractivity contribution is 8.04. The van der Waals surface area contributed by atoms with Gasteiger partial charge in [-0.25, -0.2) is 4.90 Å². The second-order valence-electron chi connectivity index (χ2n) is 7.01. The lowest BCUT2D eigenvalue weighted by Crippen LogP contribution is -2.35. The average Bonchev–Trinajstić information content (AvgIpc) is 2.90. The van der Waals surface area contributed by atoms with Gasteiger partial charge in [0.05, 0.1) is 15.7 Å². The van der Waals surface area contributed by atoms with Crippen LogP contribution >= 0.6 is 35.0 Å². The van der Waals surface area contributed by atoms with Crippen molar-refractivity contribution in [1.82, 2.24) is 4.90 Å². The van der Waals surface area contributed by atoms with Crippen molar-refractivity contribution in [3.8, 4) is 0 Å². The fourth-order valence-corrected chi connectivity index (χ4v) is 5.05. The summed E-state index contributed by atoms with van der Waals surface area (Å²) >= 11 is 13.8. The Morgan fingerprint density at radius 3 is 2.17 bits per heavy atom. The van der Waals surface area contributed by atoms with Crippen molar-refractivity contribution < 1.29 is 9.59 Å². The molecule has 0 radical (unpaired) electrons. The highest BCUT2D eigenvalue weighted by Gasteiger charge is 2.43. The van der Waals surface area contributed by atoms with Crippen molar-refractivity contribution in [3.05, 3.63) is 69.2 Å². The molecule has 0 spiro atoms. The number of anilines is 1. The van der Waals surface area contributed by atoms with Crippen molar-refractivity contribution in [1.29, 1.82) is 0 Å². The molecule has 0 bridgehead atoms. The van der Waals surface area contributed by atoms with Crippen molar-refractivity contribution >= 4 is 52.5 Å². The van der Waals surface area contributed by atoms with Gasteiger partial charge in [0.15, 0.2) is 0 Å². The lowest BCUT2D eigenvalue weighted by Gasteiger charge is -2.24. The van der Waals surface area contributed by atoms with Gasteiger partial charge in [0.2, 0.25) is 0 Å². The van der Waals surface area contributed by atoms with Crippen molar-refractivity contribution in [3.63, 3.8) is 0 Å². The summed E-state index contributed by atoms with van der Waals surface area (Å²) in [5, 5.41) is 0.516. The predicted molar refractivity (Wildman–Crippen MR) is 118 cm³/mol. The van der Waals surface area contributed by atoms with E-state index in [1.807, 2.05) is 30.3 Å². The Morgan fingerprint density at radius 1 is 0.793 bits per heavy atom. The third-order valence-electron chi connectivity index (χ3n) is 5.08. The van der Waals surface area contributed by atoms with Gasteiger partial charge < -0.3 is 4.90 Å². The molecule has 1 saturated heterocycles. The number of imide groups is 1. The number of amides is 2. The molecule has 7 heteroatoms. The maximum Gasteiger partial charge on any atom is 0.283 e. The van der Waals surface area contributed by atoms with E-state index in [4.69, 9.17) is 23.2 Å². The van der Waals surface area contributed by atoms with Crippen LogP contribution in [-0.2, 0) is 9.59 Å². The minimum absolute atomic E-state index is 0.206. The standard InChI is InChI=1S/C22H20Cl2N2O2S/c23-16-11-8-12-17(18(16)24)26-21(27)19(25-13-6-1-2-7-14-25)20(22(26)28)29-15-9-4-3-5-10-15/h3-5,8-12H,1-2,6-7,13-14H2. The topological polar surface area (TPSA) is 40.6 Å². The number of carbonyl (C=O) groups excluding carboxylic acids is 2. The van der Waals surface area contributed by atoms with E-state index in [1.54, 1.807) is 18.2 Å². The monoisotopic (exact) mass is 446 g/mol. The number of benzene rings is 2. The van der Waals surface area contributed by atoms with Crippen LogP contribution in [0.25, 0.3) is 0 Å². The molecule has 2 aliphatic heterocycles. The number of halogens is 2. The van der Waals surface area contributed by atoms with Gasteiger partial charge in [0, 0.05) is 18.0 Å². The van der Waals surface area contributed by atoms with Gasteiger partial charge >= 0.3 is 0 Å². The highest BCUT2D eigenvalue weighted by Crippen LogP contribution is 2.42. The molecular formula is C22H20Cl2N2O2S. The summed E-state index contributed by atoms with van der Waals surface area (Å²) < 4.78 is 0. The molecule has 2 aliphatic rings. The van der Waals surface area contributed by atoms with Gasteiger partial charge in [-0.05, 0) is 37.1 Å². The molecule has 2 amide bonds. The lowest BCUT2D eigenvalue weighted by atomic mass is 10.2. The van der Waals surface area contributed by atoms with E-state index < -0.39 is 0 Å². The largest absolute Gasteiger partial charge is 0.366 e. The summed E-state index contributed by atoms with van der Waals surface area (Å²) in [6.45, 7) is 1.54. The van der Waals surface area contributed by atoms with Gasteiger partial charge in [-0.15, -0.1) is 0 Å². The molecule has 2 aromatic rings. The van der Waals surface area contributed by atoms with Crippen LogP contribution < -0.4 is 4.90 Å². The van der Waals surface area contributed by atoms with Crippen LogP contribution in [0.1, 0.15) is 25.7 Å². The van der Waals surface area contributed by atoms with E-state index in [2.05, 4.69) is 4.90 Å². The quantitative estimate of drug-likeness (QED) is 0.560. The van der Waals surface area contributed by atoms with Crippen LogP contribution in [0.5, 0.6) is 0 Å². The molecule has 0 aliphatic carbocycles. The lowest BCUT2D eigenvalue weighted by molar-refractivity contribution is -0.121. The molecule has 150 valence electrons. The number of thioether (sulfide) groups is 1. The Labute approximate surface area is 184 Å². The zero-order valence-electron chi connectivity index (χ0n) is 15.7. The smallest absolute Gasteiger partial charge is 0.283 e. The Balaban J connectivity index is 1.77. The van der Waals surface area contributed by atoms with Crippen molar-refractivity contribution in [2.24, 2.45) is 0 Å². The minimum Gasteiger partial charge on any atom is -0.366 e. The molecule has 0 unspecified atom stereocenters. The normalized spacial score (nSPS) is 17.9. The molecule has 4 nitrogen and oxygen atoms in total. The van der Waals surface area contributed by atoms with Gasteiger partial charge in [-0.2, -0.15) is 0 Å². The van der Waals surface area contributed by atoms with Gasteiger partial charge in [-0.3, -0.25) is 9.59 Å². The van der Waals surface area contributed by atoms with Crippen molar-refractivity contribution in [2.45, 2.75) is 30.6 Å². The highest BCUT2D eigenvalue weighted by atomic mass is 35.5. The van der Waals surface area contributed by atoms with E-state index in [0.29, 0.717) is 21.3 Å². The second kappa shape index (κ2) is 8.82. The molecule has 2 aromatic carbocycles. The summed E-state index contributed by atoms with van der Waals surface area (Å²) in [5.74, 6) is -0.688. The zero-order valence-corrected chi connectivity index (χ0v) is 18.1. The Hall–Kier alpha value is -1.95. The summed E-state index contributed by atoms with van der Waals surface area (Å²) in [6, 6.07) is 14.6. The molecular weight excluding hydrogens is 427 g/mol. The number of nitrogens with zero attached hydrogens (tertiary/aromatic N) is 2. The first-order valence-electron chi connectivity index (χ1n) is 9.63. The minimum atomic E-state index is -0.354. The van der Waals surface area contributed by atoms with Gasteiger partial charge in [-0.1, -0.05) is 72.1 Å². The first-order valence-corrected chi connectivity index (χ1v) is 11.2. The Bertz CT molecular complexity index is 970. The van der Waals surface area contributed by atoms with E-state index in [1.165, 1.54) is 16.7 Å². The molecule has 0 saturated carbocycles.